The fraction of sp³-hybridized carbons (Fsp3) is 0.368. The van der Waals surface area contributed by atoms with Crippen LogP contribution in [0.25, 0.3) is 0 Å². The van der Waals surface area contributed by atoms with E-state index in [9.17, 15) is 0 Å². The molecule has 3 aromatic rings. The van der Waals surface area contributed by atoms with Crippen molar-refractivity contribution in [2.24, 2.45) is 0 Å². The molecule has 0 saturated carbocycles. The molecule has 0 unspecified atom stereocenters. The standard InChI is InChI=1S/C19H22S3/c1-2-3-4-5-12-19(16-9-6-13-20-16,17-10-7-14-21-17)18-11-8-15-22-18/h6-11,13-15H,2-5,12H2,1H3. The summed E-state index contributed by atoms with van der Waals surface area (Å²) >= 11 is 5.71. The summed E-state index contributed by atoms with van der Waals surface area (Å²) in [5.74, 6) is 0. The molecule has 0 radical (unpaired) electrons. The van der Waals surface area contributed by atoms with Crippen molar-refractivity contribution in [1.82, 2.24) is 0 Å². The summed E-state index contributed by atoms with van der Waals surface area (Å²) < 4.78 is 0. The van der Waals surface area contributed by atoms with Gasteiger partial charge in [0.2, 0.25) is 0 Å². The average molecular weight is 347 g/mol. The molecule has 0 amide bonds. The van der Waals surface area contributed by atoms with Gasteiger partial charge in [-0.05, 0) is 40.8 Å². The molecule has 0 aliphatic heterocycles. The van der Waals surface area contributed by atoms with Crippen LogP contribution < -0.4 is 0 Å². The van der Waals surface area contributed by atoms with E-state index in [1.807, 2.05) is 34.0 Å². The number of hydrogen-bond acceptors (Lipinski definition) is 3. The number of unbranched alkanes of at least 4 members (excludes halogenated alkanes) is 3. The zero-order chi connectivity index (χ0) is 15.3. The van der Waals surface area contributed by atoms with Gasteiger partial charge in [0, 0.05) is 14.6 Å². The Bertz CT molecular complexity index is 549. The Balaban J connectivity index is 2.03. The zero-order valence-corrected chi connectivity index (χ0v) is 15.4. The highest BCUT2D eigenvalue weighted by Crippen LogP contribution is 2.48. The molecule has 0 spiro atoms. The Kier molecular flexibility index (Phi) is 5.51. The molecular formula is C19H22S3. The molecule has 3 heteroatoms. The summed E-state index contributed by atoms with van der Waals surface area (Å²) in [6.07, 6.45) is 6.48. The van der Waals surface area contributed by atoms with E-state index in [1.54, 1.807) is 0 Å². The van der Waals surface area contributed by atoms with Crippen molar-refractivity contribution in [2.75, 3.05) is 0 Å². The normalized spacial score (nSPS) is 11.9. The summed E-state index contributed by atoms with van der Waals surface area (Å²) in [6, 6.07) is 13.6. The largest absolute Gasteiger partial charge is 0.148 e. The van der Waals surface area contributed by atoms with E-state index in [0.29, 0.717) is 0 Å². The van der Waals surface area contributed by atoms with E-state index in [0.717, 1.165) is 0 Å². The zero-order valence-electron chi connectivity index (χ0n) is 13.0. The molecule has 0 atom stereocenters. The summed E-state index contributed by atoms with van der Waals surface area (Å²) in [5.41, 5.74) is 0.0737. The molecule has 0 saturated heterocycles. The minimum absolute atomic E-state index is 0.0737. The lowest BCUT2D eigenvalue weighted by Gasteiger charge is -2.31. The van der Waals surface area contributed by atoms with Gasteiger partial charge in [0.1, 0.15) is 0 Å². The molecular weight excluding hydrogens is 324 g/mol. The highest BCUT2D eigenvalue weighted by atomic mass is 32.1. The van der Waals surface area contributed by atoms with Gasteiger partial charge in [-0.3, -0.25) is 0 Å². The van der Waals surface area contributed by atoms with Crippen LogP contribution in [0.1, 0.15) is 53.7 Å². The summed E-state index contributed by atoms with van der Waals surface area (Å²) in [6.45, 7) is 2.28. The average Bonchev–Trinajstić information content (AvgIpc) is 3.29. The third-order valence-corrected chi connectivity index (χ3v) is 7.33. The monoisotopic (exact) mass is 346 g/mol. The molecule has 0 N–H and O–H groups in total. The van der Waals surface area contributed by atoms with Gasteiger partial charge in [-0.15, -0.1) is 34.0 Å². The minimum atomic E-state index is 0.0737. The lowest BCUT2D eigenvalue weighted by molar-refractivity contribution is 0.527. The fourth-order valence-electron chi connectivity index (χ4n) is 3.12. The van der Waals surface area contributed by atoms with Crippen LogP contribution in [-0.4, -0.2) is 0 Å². The Morgan fingerprint density at radius 1 is 0.727 bits per heavy atom. The molecule has 0 aromatic carbocycles. The van der Waals surface area contributed by atoms with Crippen molar-refractivity contribution in [3.05, 3.63) is 67.2 Å². The van der Waals surface area contributed by atoms with Crippen LogP contribution >= 0.6 is 34.0 Å². The van der Waals surface area contributed by atoms with E-state index in [-0.39, 0.29) is 5.41 Å². The maximum atomic E-state index is 2.32. The lowest BCUT2D eigenvalue weighted by atomic mass is 9.78. The predicted molar refractivity (Wildman–Crippen MR) is 102 cm³/mol. The first-order valence-corrected chi connectivity index (χ1v) is 10.6. The second-order valence-corrected chi connectivity index (χ2v) is 8.49. The van der Waals surface area contributed by atoms with Crippen LogP contribution in [0.2, 0.25) is 0 Å². The number of hydrogen-bond donors (Lipinski definition) is 0. The van der Waals surface area contributed by atoms with Gasteiger partial charge in [0.15, 0.2) is 0 Å². The van der Waals surface area contributed by atoms with Crippen molar-refractivity contribution >= 4 is 34.0 Å². The second-order valence-electron chi connectivity index (χ2n) is 5.65. The van der Waals surface area contributed by atoms with Crippen molar-refractivity contribution in [3.63, 3.8) is 0 Å². The third kappa shape index (κ3) is 3.08. The Hall–Kier alpha value is -0.900. The van der Waals surface area contributed by atoms with Gasteiger partial charge in [-0.1, -0.05) is 50.8 Å². The third-order valence-electron chi connectivity index (χ3n) is 4.23. The van der Waals surface area contributed by atoms with Crippen LogP contribution in [0.5, 0.6) is 0 Å². The van der Waals surface area contributed by atoms with Crippen LogP contribution in [0, 0.1) is 0 Å². The molecule has 22 heavy (non-hydrogen) atoms. The van der Waals surface area contributed by atoms with Crippen molar-refractivity contribution in [3.8, 4) is 0 Å². The second kappa shape index (κ2) is 7.58. The Morgan fingerprint density at radius 2 is 1.23 bits per heavy atom. The van der Waals surface area contributed by atoms with Crippen molar-refractivity contribution < 1.29 is 0 Å². The molecule has 0 nitrogen and oxygen atoms in total. The first-order chi connectivity index (χ1) is 10.9. The maximum Gasteiger partial charge on any atom is 0.0731 e. The van der Waals surface area contributed by atoms with Gasteiger partial charge < -0.3 is 0 Å². The first-order valence-electron chi connectivity index (χ1n) is 8.00. The SMILES string of the molecule is CCCCCCC(c1cccs1)(c1cccs1)c1cccs1. The Labute approximate surface area is 145 Å². The minimum Gasteiger partial charge on any atom is -0.148 e. The highest BCUT2D eigenvalue weighted by Gasteiger charge is 2.38. The van der Waals surface area contributed by atoms with Crippen LogP contribution in [0.4, 0.5) is 0 Å². The van der Waals surface area contributed by atoms with Gasteiger partial charge in [-0.2, -0.15) is 0 Å². The molecule has 0 aliphatic carbocycles. The highest BCUT2D eigenvalue weighted by molar-refractivity contribution is 7.13. The topological polar surface area (TPSA) is 0 Å². The quantitative estimate of drug-likeness (QED) is 0.379. The fourth-order valence-corrected chi connectivity index (χ4v) is 6.26. The van der Waals surface area contributed by atoms with E-state index in [4.69, 9.17) is 0 Å². The number of thiophene rings is 3. The van der Waals surface area contributed by atoms with Gasteiger partial charge >= 0.3 is 0 Å². The first kappa shape index (κ1) is 16.0. The van der Waals surface area contributed by atoms with E-state index in [2.05, 4.69) is 59.5 Å². The van der Waals surface area contributed by atoms with Crippen LogP contribution in [0.15, 0.2) is 52.5 Å². The molecule has 3 aromatic heterocycles. The van der Waals surface area contributed by atoms with E-state index in [1.165, 1.54) is 46.7 Å². The summed E-state index contributed by atoms with van der Waals surface area (Å²) in [4.78, 5) is 4.48. The molecule has 0 bridgehead atoms. The maximum absolute atomic E-state index is 2.32. The summed E-state index contributed by atoms with van der Waals surface area (Å²) in [7, 11) is 0. The van der Waals surface area contributed by atoms with Gasteiger partial charge in [-0.25, -0.2) is 0 Å². The molecule has 0 fully saturated rings. The van der Waals surface area contributed by atoms with Gasteiger partial charge in [0.25, 0.3) is 0 Å². The molecule has 0 aliphatic rings. The molecule has 116 valence electrons. The molecule has 3 rings (SSSR count). The van der Waals surface area contributed by atoms with Crippen LogP contribution in [-0.2, 0) is 5.41 Å². The summed E-state index contributed by atoms with van der Waals surface area (Å²) in [5, 5.41) is 6.66. The number of rotatable bonds is 8. The lowest BCUT2D eigenvalue weighted by Crippen LogP contribution is -2.26. The smallest absolute Gasteiger partial charge is 0.0731 e. The van der Waals surface area contributed by atoms with Crippen molar-refractivity contribution in [1.29, 1.82) is 0 Å². The molecule has 3 heterocycles. The van der Waals surface area contributed by atoms with Crippen molar-refractivity contribution in [2.45, 2.75) is 44.4 Å². The Morgan fingerprint density at radius 3 is 1.59 bits per heavy atom. The van der Waals surface area contributed by atoms with Crippen LogP contribution in [0.3, 0.4) is 0 Å². The van der Waals surface area contributed by atoms with E-state index >= 15 is 0 Å². The van der Waals surface area contributed by atoms with Gasteiger partial charge in [0.05, 0.1) is 5.41 Å². The predicted octanol–water partition coefficient (Wildman–Crippen LogP) is 7.18. The van der Waals surface area contributed by atoms with E-state index < -0.39 is 0 Å².